The fraction of sp³-hybridized carbons (Fsp3) is 0.438. The summed E-state index contributed by atoms with van der Waals surface area (Å²) in [6.45, 7) is 0. The quantitative estimate of drug-likeness (QED) is 0.402. The van der Waals surface area contributed by atoms with Crippen LogP contribution in [0.15, 0.2) is 28.7 Å². The summed E-state index contributed by atoms with van der Waals surface area (Å²) < 4.78 is 6.24. The number of hydrazine groups is 1. The zero-order chi connectivity index (χ0) is 17.0. The summed E-state index contributed by atoms with van der Waals surface area (Å²) in [5, 5.41) is 0. The van der Waals surface area contributed by atoms with Gasteiger partial charge in [0.25, 0.3) is 5.91 Å². The van der Waals surface area contributed by atoms with Crippen LogP contribution in [-0.4, -0.2) is 28.7 Å². The molecular weight excluding hydrogens is 444 g/mol. The standard InChI is InChI=1S/C16H14Br2N2O4/c17-7-3-1-6(2-4-7)14(21)19-20-15(22)10-8-5-9-11(10)16(23)24-13(9)12(8)18/h1-4,8-13H,5H2,(H,19,21)(H,20,22)/t8-,9-,10-,11+,12-,13+/m1/s1. The van der Waals surface area contributed by atoms with Crippen molar-refractivity contribution in [3.05, 3.63) is 34.3 Å². The highest BCUT2D eigenvalue weighted by Crippen LogP contribution is 2.59. The minimum Gasteiger partial charge on any atom is -0.461 e. The van der Waals surface area contributed by atoms with Gasteiger partial charge in [-0.15, -0.1) is 0 Å². The first-order chi connectivity index (χ1) is 11.5. The van der Waals surface area contributed by atoms with E-state index in [1.54, 1.807) is 24.3 Å². The Labute approximate surface area is 154 Å². The maximum Gasteiger partial charge on any atom is 0.310 e. The van der Waals surface area contributed by atoms with Crippen LogP contribution >= 0.6 is 31.9 Å². The number of benzene rings is 1. The van der Waals surface area contributed by atoms with Crippen molar-refractivity contribution in [3.8, 4) is 0 Å². The molecule has 2 aliphatic carbocycles. The van der Waals surface area contributed by atoms with Crippen molar-refractivity contribution < 1.29 is 19.1 Å². The van der Waals surface area contributed by atoms with Gasteiger partial charge in [-0.1, -0.05) is 31.9 Å². The third kappa shape index (κ3) is 2.38. The Kier molecular flexibility index (Phi) is 3.91. The Morgan fingerprint density at radius 3 is 2.54 bits per heavy atom. The number of halogens is 2. The van der Waals surface area contributed by atoms with E-state index in [0.717, 1.165) is 10.9 Å². The molecule has 6 nitrogen and oxygen atoms in total. The smallest absolute Gasteiger partial charge is 0.310 e. The van der Waals surface area contributed by atoms with Crippen molar-refractivity contribution in [3.63, 3.8) is 0 Å². The lowest BCUT2D eigenvalue weighted by atomic mass is 9.79. The molecule has 1 saturated heterocycles. The van der Waals surface area contributed by atoms with Gasteiger partial charge >= 0.3 is 5.97 Å². The van der Waals surface area contributed by atoms with Crippen LogP contribution in [0.2, 0.25) is 0 Å². The summed E-state index contributed by atoms with van der Waals surface area (Å²) in [6.07, 6.45) is 0.685. The molecular formula is C16H14Br2N2O4. The fourth-order valence-electron chi connectivity index (χ4n) is 4.21. The van der Waals surface area contributed by atoms with E-state index in [-0.39, 0.29) is 34.6 Å². The lowest BCUT2D eigenvalue weighted by Gasteiger charge is -2.27. The molecule has 0 radical (unpaired) electrons. The molecule has 2 amide bonds. The molecule has 24 heavy (non-hydrogen) atoms. The van der Waals surface area contributed by atoms with Gasteiger partial charge in [0.15, 0.2) is 0 Å². The van der Waals surface area contributed by atoms with E-state index in [2.05, 4.69) is 42.7 Å². The van der Waals surface area contributed by atoms with Crippen molar-refractivity contribution in [2.24, 2.45) is 23.7 Å². The number of rotatable bonds is 2. The number of ether oxygens (including phenoxy) is 1. The molecule has 2 bridgehead atoms. The summed E-state index contributed by atoms with van der Waals surface area (Å²) >= 11 is 6.86. The SMILES string of the molecule is O=C(NNC(=O)[C@@H]1[C@H]2C[C@H]3[C@H](OC(=O)[C@@H]31)[C@@H]2Br)c1ccc(Br)cc1. The van der Waals surface area contributed by atoms with Gasteiger partial charge in [0.1, 0.15) is 6.10 Å². The maximum atomic E-state index is 12.5. The van der Waals surface area contributed by atoms with E-state index in [9.17, 15) is 14.4 Å². The number of amides is 2. The van der Waals surface area contributed by atoms with E-state index in [1.807, 2.05) is 0 Å². The molecule has 4 rings (SSSR count). The average Bonchev–Trinajstić information content (AvgIpc) is 3.17. The molecule has 8 heteroatoms. The first-order valence-electron chi connectivity index (χ1n) is 7.67. The number of hydrogen-bond acceptors (Lipinski definition) is 4. The third-order valence-corrected chi connectivity index (χ3v) is 6.96. The molecule has 6 atom stereocenters. The highest BCUT2D eigenvalue weighted by atomic mass is 79.9. The summed E-state index contributed by atoms with van der Waals surface area (Å²) in [7, 11) is 0. The molecule has 3 fully saturated rings. The predicted octanol–water partition coefficient (Wildman–Crippen LogP) is 1.78. The lowest BCUT2D eigenvalue weighted by molar-refractivity contribution is -0.146. The van der Waals surface area contributed by atoms with Crippen LogP contribution in [0.4, 0.5) is 0 Å². The molecule has 3 aliphatic rings. The van der Waals surface area contributed by atoms with Crippen LogP contribution in [0, 0.1) is 23.7 Å². The van der Waals surface area contributed by atoms with Gasteiger partial charge in [0.2, 0.25) is 5.91 Å². The van der Waals surface area contributed by atoms with Gasteiger partial charge in [-0.25, -0.2) is 0 Å². The Bertz CT molecular complexity index is 723. The van der Waals surface area contributed by atoms with E-state index in [0.29, 0.717) is 5.56 Å². The van der Waals surface area contributed by atoms with Crippen molar-refractivity contribution in [2.75, 3.05) is 0 Å². The zero-order valence-electron chi connectivity index (χ0n) is 12.4. The third-order valence-electron chi connectivity index (χ3n) is 5.23. The number of carbonyl (C=O) groups is 3. The normalized spacial score (nSPS) is 35.7. The molecule has 126 valence electrons. The summed E-state index contributed by atoms with van der Waals surface area (Å²) in [5.41, 5.74) is 5.32. The monoisotopic (exact) mass is 456 g/mol. The number of hydrogen-bond donors (Lipinski definition) is 2. The van der Waals surface area contributed by atoms with Gasteiger partial charge in [0.05, 0.1) is 16.7 Å². The first-order valence-corrected chi connectivity index (χ1v) is 9.38. The molecule has 2 saturated carbocycles. The first kappa shape index (κ1) is 16.1. The second-order valence-corrected chi connectivity index (χ2v) is 8.38. The largest absolute Gasteiger partial charge is 0.461 e. The minimum absolute atomic E-state index is 0.00289. The second kappa shape index (κ2) is 5.84. The molecule has 0 unspecified atom stereocenters. The number of alkyl halides is 1. The Balaban J connectivity index is 1.43. The van der Waals surface area contributed by atoms with Crippen LogP contribution in [-0.2, 0) is 14.3 Å². The summed E-state index contributed by atoms with van der Waals surface area (Å²) in [6, 6.07) is 6.79. The topological polar surface area (TPSA) is 84.5 Å². The molecule has 0 spiro atoms. The molecule has 2 N–H and O–H groups in total. The van der Waals surface area contributed by atoms with Gasteiger partial charge in [-0.3, -0.25) is 25.2 Å². The van der Waals surface area contributed by atoms with E-state index >= 15 is 0 Å². The minimum atomic E-state index is -0.462. The molecule has 0 aromatic heterocycles. The van der Waals surface area contributed by atoms with Crippen molar-refractivity contribution in [1.29, 1.82) is 0 Å². The average molecular weight is 458 g/mol. The highest BCUT2D eigenvalue weighted by Gasteiger charge is 2.67. The van der Waals surface area contributed by atoms with E-state index in [1.165, 1.54) is 0 Å². The Hall–Kier alpha value is -1.41. The number of nitrogens with one attached hydrogen (secondary N) is 2. The van der Waals surface area contributed by atoms with Crippen LogP contribution in [0.25, 0.3) is 0 Å². The van der Waals surface area contributed by atoms with Gasteiger partial charge in [-0.2, -0.15) is 0 Å². The number of esters is 1. The fourth-order valence-corrected chi connectivity index (χ4v) is 5.51. The molecule has 1 aromatic rings. The predicted molar refractivity (Wildman–Crippen MR) is 90.9 cm³/mol. The van der Waals surface area contributed by atoms with Gasteiger partial charge in [-0.05, 0) is 36.6 Å². The van der Waals surface area contributed by atoms with Crippen LogP contribution in [0.3, 0.4) is 0 Å². The summed E-state index contributed by atoms with van der Waals surface area (Å²) in [5.74, 6) is -1.73. The van der Waals surface area contributed by atoms with E-state index in [4.69, 9.17) is 4.74 Å². The van der Waals surface area contributed by atoms with Crippen molar-refractivity contribution in [1.82, 2.24) is 10.9 Å². The lowest BCUT2D eigenvalue weighted by Crippen LogP contribution is -2.49. The molecule has 1 aliphatic heterocycles. The van der Waals surface area contributed by atoms with Crippen LogP contribution in [0.5, 0.6) is 0 Å². The zero-order valence-corrected chi connectivity index (χ0v) is 15.5. The number of carbonyl (C=O) groups excluding carboxylic acids is 3. The highest BCUT2D eigenvalue weighted by molar-refractivity contribution is 9.10. The van der Waals surface area contributed by atoms with Crippen LogP contribution in [0.1, 0.15) is 16.8 Å². The van der Waals surface area contributed by atoms with Crippen LogP contribution < -0.4 is 10.9 Å². The van der Waals surface area contributed by atoms with Crippen molar-refractivity contribution >= 4 is 49.6 Å². The molecule has 1 aromatic carbocycles. The number of fused-ring (bicyclic) bond motifs is 1. The second-order valence-electron chi connectivity index (χ2n) is 6.41. The maximum absolute atomic E-state index is 12.5. The van der Waals surface area contributed by atoms with Gasteiger partial charge in [0, 0.05) is 16.0 Å². The Morgan fingerprint density at radius 1 is 1.12 bits per heavy atom. The Morgan fingerprint density at radius 2 is 1.83 bits per heavy atom. The molecule has 1 heterocycles. The van der Waals surface area contributed by atoms with E-state index < -0.39 is 17.7 Å². The van der Waals surface area contributed by atoms with Crippen molar-refractivity contribution in [2.45, 2.75) is 17.4 Å². The summed E-state index contributed by atoms with van der Waals surface area (Å²) in [4.78, 5) is 36.7. The van der Waals surface area contributed by atoms with Gasteiger partial charge < -0.3 is 4.74 Å².